The minimum atomic E-state index is -1.08. The van der Waals surface area contributed by atoms with Crippen LogP contribution < -0.4 is 5.73 Å². The first kappa shape index (κ1) is 20.0. The molecule has 1 aliphatic rings. The van der Waals surface area contributed by atoms with E-state index >= 15 is 0 Å². The van der Waals surface area contributed by atoms with Gasteiger partial charge in [-0.05, 0) is 26.0 Å². The smallest absolute Gasteiger partial charge is 0.338 e. The molecule has 134 valence electrons. The number of ether oxygens (including phenoxy) is 2. The maximum Gasteiger partial charge on any atom is 0.338 e. The molecule has 24 heavy (non-hydrogen) atoms. The molecule has 1 fully saturated rings. The van der Waals surface area contributed by atoms with Gasteiger partial charge in [-0.25, -0.2) is 4.79 Å². The largest absolute Gasteiger partial charge is 0.459 e. The van der Waals surface area contributed by atoms with E-state index in [2.05, 4.69) is 0 Å². The summed E-state index contributed by atoms with van der Waals surface area (Å²) in [5.41, 5.74) is 3.81. The number of esters is 1. The van der Waals surface area contributed by atoms with Gasteiger partial charge in [0.15, 0.2) is 0 Å². The minimum absolute atomic E-state index is 0.0564. The standard InChI is InChI=1S/C11H11NO5.C4H11NO2/c1-11(7-17-11)6-16-10(13)8-2-4-9(5-3-8)12(14)15;1-4(7,2-5)3-6/h2-5H,6-7H2,1H3;6-7H,2-3,5H2,1H3. The first-order valence-electron chi connectivity index (χ1n) is 7.21. The number of aliphatic hydroxyl groups is 2. The predicted molar refractivity (Wildman–Crippen MR) is 84.5 cm³/mol. The summed E-state index contributed by atoms with van der Waals surface area (Å²) < 4.78 is 10.1. The van der Waals surface area contributed by atoms with E-state index in [1.54, 1.807) is 0 Å². The van der Waals surface area contributed by atoms with Crippen LogP contribution in [0.25, 0.3) is 0 Å². The van der Waals surface area contributed by atoms with Crippen molar-refractivity contribution in [3.05, 3.63) is 39.9 Å². The van der Waals surface area contributed by atoms with Crippen molar-refractivity contribution in [2.75, 3.05) is 26.4 Å². The fourth-order valence-corrected chi connectivity index (χ4v) is 1.29. The summed E-state index contributed by atoms with van der Waals surface area (Å²) in [5, 5.41) is 27.4. The number of carbonyl (C=O) groups is 1. The lowest BCUT2D eigenvalue weighted by molar-refractivity contribution is -0.384. The van der Waals surface area contributed by atoms with Gasteiger partial charge in [0.2, 0.25) is 0 Å². The highest BCUT2D eigenvalue weighted by Gasteiger charge is 2.40. The van der Waals surface area contributed by atoms with E-state index in [9.17, 15) is 14.9 Å². The van der Waals surface area contributed by atoms with E-state index in [4.69, 9.17) is 25.4 Å². The van der Waals surface area contributed by atoms with Crippen LogP contribution in [0.15, 0.2) is 24.3 Å². The number of epoxide rings is 1. The summed E-state index contributed by atoms with van der Waals surface area (Å²) in [6, 6.07) is 5.28. The molecule has 1 aromatic rings. The first-order valence-corrected chi connectivity index (χ1v) is 7.21. The average Bonchev–Trinajstić information content (AvgIpc) is 3.31. The van der Waals surface area contributed by atoms with Gasteiger partial charge in [0.05, 0.1) is 29.3 Å². The molecule has 1 aromatic carbocycles. The topological polar surface area (TPSA) is 148 Å². The zero-order valence-electron chi connectivity index (χ0n) is 13.6. The van der Waals surface area contributed by atoms with Crippen molar-refractivity contribution in [1.29, 1.82) is 0 Å². The number of carbonyl (C=O) groups excluding carboxylic acids is 1. The normalized spacial score (nSPS) is 21.0. The number of nitrogens with zero attached hydrogens (tertiary/aromatic N) is 1. The molecule has 0 bridgehead atoms. The van der Waals surface area contributed by atoms with E-state index in [0.717, 1.165) is 0 Å². The summed E-state index contributed by atoms with van der Waals surface area (Å²) in [4.78, 5) is 21.5. The summed E-state index contributed by atoms with van der Waals surface area (Å²) in [6.45, 7) is 3.93. The lowest BCUT2D eigenvalue weighted by Gasteiger charge is -2.15. The Kier molecular flexibility index (Phi) is 6.79. The zero-order valence-corrected chi connectivity index (χ0v) is 13.6. The number of nitro benzene ring substituents is 1. The summed E-state index contributed by atoms with van der Waals surface area (Å²) in [7, 11) is 0. The lowest BCUT2D eigenvalue weighted by Crippen LogP contribution is -2.37. The number of non-ortho nitro benzene ring substituents is 1. The number of nitrogens with two attached hydrogens (primary N) is 1. The van der Waals surface area contributed by atoms with Gasteiger partial charge in [0, 0.05) is 18.7 Å². The molecule has 0 aliphatic carbocycles. The Morgan fingerprint density at radius 1 is 1.50 bits per heavy atom. The highest BCUT2D eigenvalue weighted by Crippen LogP contribution is 2.26. The fourth-order valence-electron chi connectivity index (χ4n) is 1.29. The van der Waals surface area contributed by atoms with Gasteiger partial charge in [-0.2, -0.15) is 0 Å². The van der Waals surface area contributed by atoms with Crippen LogP contribution in [0.3, 0.4) is 0 Å². The molecule has 2 rings (SSSR count). The molecule has 0 amide bonds. The second-order valence-electron chi connectivity index (χ2n) is 5.98. The first-order chi connectivity index (χ1) is 11.1. The van der Waals surface area contributed by atoms with Gasteiger partial charge in [0.1, 0.15) is 12.2 Å². The molecule has 0 spiro atoms. The molecule has 0 radical (unpaired) electrons. The lowest BCUT2D eigenvalue weighted by atomic mass is 10.1. The molecular formula is C15H22N2O7. The van der Waals surface area contributed by atoms with Crippen molar-refractivity contribution >= 4 is 11.7 Å². The molecule has 9 nitrogen and oxygen atoms in total. The molecule has 1 saturated heterocycles. The quantitative estimate of drug-likeness (QED) is 0.288. The summed E-state index contributed by atoms with van der Waals surface area (Å²) >= 11 is 0. The second kappa shape index (κ2) is 8.15. The highest BCUT2D eigenvalue weighted by molar-refractivity contribution is 5.89. The van der Waals surface area contributed by atoms with Crippen LogP contribution in [-0.4, -0.2) is 58.7 Å². The molecule has 1 aliphatic heterocycles. The zero-order chi connectivity index (χ0) is 18.4. The van der Waals surface area contributed by atoms with Crippen molar-refractivity contribution in [3.63, 3.8) is 0 Å². The van der Waals surface area contributed by atoms with E-state index in [0.29, 0.717) is 12.2 Å². The van der Waals surface area contributed by atoms with Gasteiger partial charge in [0.25, 0.3) is 5.69 Å². The van der Waals surface area contributed by atoms with Crippen LogP contribution in [0.5, 0.6) is 0 Å². The monoisotopic (exact) mass is 342 g/mol. The Bertz CT molecular complexity index is 562. The molecule has 1 heterocycles. The summed E-state index contributed by atoms with van der Waals surface area (Å²) in [6.07, 6.45) is 0. The molecule has 2 unspecified atom stereocenters. The van der Waals surface area contributed by atoms with Crippen molar-refractivity contribution < 1.29 is 29.4 Å². The Balaban J connectivity index is 0.000000351. The molecule has 0 saturated carbocycles. The van der Waals surface area contributed by atoms with Crippen LogP contribution >= 0.6 is 0 Å². The van der Waals surface area contributed by atoms with Crippen molar-refractivity contribution in [2.45, 2.75) is 25.0 Å². The predicted octanol–water partition coefficient (Wildman–Crippen LogP) is 0.229. The molecule has 9 heteroatoms. The molecular weight excluding hydrogens is 320 g/mol. The maximum absolute atomic E-state index is 11.6. The van der Waals surface area contributed by atoms with E-state index in [1.165, 1.54) is 31.2 Å². The Labute approximate surface area is 139 Å². The minimum Gasteiger partial charge on any atom is -0.459 e. The van der Waals surface area contributed by atoms with Crippen LogP contribution in [0.1, 0.15) is 24.2 Å². The van der Waals surface area contributed by atoms with Crippen LogP contribution in [0.2, 0.25) is 0 Å². The second-order valence-corrected chi connectivity index (χ2v) is 5.98. The van der Waals surface area contributed by atoms with Crippen molar-refractivity contribution in [2.24, 2.45) is 5.73 Å². The van der Waals surface area contributed by atoms with E-state index in [1.807, 2.05) is 6.92 Å². The fraction of sp³-hybridized carbons (Fsp3) is 0.533. The highest BCUT2D eigenvalue weighted by atomic mass is 16.6. The number of rotatable bonds is 6. The maximum atomic E-state index is 11.6. The Hall–Kier alpha value is -2.07. The Morgan fingerprint density at radius 3 is 2.38 bits per heavy atom. The molecule has 2 atom stereocenters. The molecule has 4 N–H and O–H groups in total. The third-order valence-corrected chi connectivity index (χ3v) is 3.24. The van der Waals surface area contributed by atoms with Crippen LogP contribution in [0.4, 0.5) is 5.69 Å². The number of hydrogen-bond donors (Lipinski definition) is 3. The van der Waals surface area contributed by atoms with Gasteiger partial charge < -0.3 is 25.4 Å². The third kappa shape index (κ3) is 6.59. The molecule has 0 aromatic heterocycles. The van der Waals surface area contributed by atoms with Gasteiger partial charge >= 0.3 is 5.97 Å². The van der Waals surface area contributed by atoms with Gasteiger partial charge in [-0.15, -0.1) is 0 Å². The van der Waals surface area contributed by atoms with Gasteiger partial charge in [-0.3, -0.25) is 10.1 Å². The SMILES string of the molecule is CC(O)(CN)CO.CC1(COC(=O)c2ccc([N+](=O)[O-])cc2)CO1. The number of aliphatic hydroxyl groups excluding tert-OH is 1. The van der Waals surface area contributed by atoms with Crippen LogP contribution in [0, 0.1) is 10.1 Å². The van der Waals surface area contributed by atoms with Crippen LogP contribution in [-0.2, 0) is 9.47 Å². The number of nitro groups is 1. The Morgan fingerprint density at radius 2 is 2.04 bits per heavy atom. The average molecular weight is 342 g/mol. The third-order valence-electron chi connectivity index (χ3n) is 3.24. The number of benzene rings is 1. The van der Waals surface area contributed by atoms with Gasteiger partial charge in [-0.1, -0.05) is 0 Å². The van der Waals surface area contributed by atoms with E-state index < -0.39 is 16.5 Å². The van der Waals surface area contributed by atoms with Crippen molar-refractivity contribution in [3.8, 4) is 0 Å². The van der Waals surface area contributed by atoms with E-state index in [-0.39, 0.29) is 31.0 Å². The number of hydrogen-bond acceptors (Lipinski definition) is 8. The van der Waals surface area contributed by atoms with Crippen molar-refractivity contribution in [1.82, 2.24) is 0 Å². The summed E-state index contributed by atoms with van der Waals surface area (Å²) in [5.74, 6) is -0.503.